The number of halogens is 1. The van der Waals surface area contributed by atoms with Gasteiger partial charge in [-0.25, -0.2) is 0 Å². The standard InChI is InChI=1S/C14H13ClO4/c1-4-7-10(15)14(19)9-8(13(7)18)11(16)5(2)6(3)12(9)17/h16-17H,4H2,1-3H3. The third-order valence-electron chi connectivity index (χ3n) is 3.54. The largest absolute Gasteiger partial charge is 0.507 e. The summed E-state index contributed by atoms with van der Waals surface area (Å²) in [6, 6.07) is 0. The maximum Gasteiger partial charge on any atom is 0.209 e. The van der Waals surface area contributed by atoms with Crippen molar-refractivity contribution >= 4 is 23.2 Å². The number of hydrogen-bond acceptors (Lipinski definition) is 4. The molecule has 1 aliphatic rings. The maximum absolute atomic E-state index is 12.3. The number of fused-ring (bicyclic) bond motifs is 1. The second-order valence-corrected chi connectivity index (χ2v) is 4.88. The maximum atomic E-state index is 12.3. The van der Waals surface area contributed by atoms with E-state index < -0.39 is 11.6 Å². The molecule has 0 aromatic heterocycles. The number of carbonyl (C=O) groups excluding carboxylic acids is 2. The molecular formula is C14H13ClO4. The summed E-state index contributed by atoms with van der Waals surface area (Å²) in [6.07, 6.45) is 0.288. The average Bonchev–Trinajstić information content (AvgIpc) is 2.38. The first-order chi connectivity index (χ1) is 8.82. The number of carbonyl (C=O) groups is 2. The molecule has 0 saturated heterocycles. The van der Waals surface area contributed by atoms with Gasteiger partial charge in [0.05, 0.1) is 16.2 Å². The zero-order chi connectivity index (χ0) is 14.5. The van der Waals surface area contributed by atoms with Crippen LogP contribution in [0, 0.1) is 13.8 Å². The van der Waals surface area contributed by atoms with Gasteiger partial charge in [-0.05, 0) is 31.4 Å². The first-order valence-corrected chi connectivity index (χ1v) is 6.23. The fourth-order valence-corrected chi connectivity index (χ4v) is 2.54. The summed E-state index contributed by atoms with van der Waals surface area (Å²) in [4.78, 5) is 24.4. The van der Waals surface area contributed by atoms with Crippen molar-refractivity contribution < 1.29 is 19.8 Å². The second kappa shape index (κ2) is 4.38. The molecule has 0 aliphatic heterocycles. The van der Waals surface area contributed by atoms with Crippen molar-refractivity contribution in [2.24, 2.45) is 0 Å². The number of rotatable bonds is 1. The molecule has 1 aliphatic carbocycles. The Balaban J connectivity index is 2.92. The van der Waals surface area contributed by atoms with Crippen LogP contribution in [0.2, 0.25) is 0 Å². The van der Waals surface area contributed by atoms with Crippen molar-refractivity contribution in [3.63, 3.8) is 0 Å². The first kappa shape index (κ1) is 13.6. The van der Waals surface area contributed by atoms with E-state index in [2.05, 4.69) is 0 Å². The minimum Gasteiger partial charge on any atom is -0.507 e. The molecule has 0 bridgehead atoms. The summed E-state index contributed by atoms with van der Waals surface area (Å²) < 4.78 is 0. The molecule has 19 heavy (non-hydrogen) atoms. The van der Waals surface area contributed by atoms with Crippen molar-refractivity contribution in [1.29, 1.82) is 0 Å². The molecule has 0 heterocycles. The molecule has 1 aromatic carbocycles. The summed E-state index contributed by atoms with van der Waals surface area (Å²) in [7, 11) is 0. The van der Waals surface area contributed by atoms with E-state index in [4.69, 9.17) is 11.6 Å². The number of phenols is 2. The highest BCUT2D eigenvalue weighted by Gasteiger charge is 2.36. The molecule has 4 nitrogen and oxygen atoms in total. The Labute approximate surface area is 115 Å². The lowest BCUT2D eigenvalue weighted by atomic mass is 9.84. The summed E-state index contributed by atoms with van der Waals surface area (Å²) in [5.41, 5.74) is 0.560. The lowest BCUT2D eigenvalue weighted by molar-refractivity contribution is 0.0973. The normalized spacial score (nSPS) is 14.9. The fourth-order valence-electron chi connectivity index (χ4n) is 2.22. The van der Waals surface area contributed by atoms with Crippen LogP contribution in [-0.4, -0.2) is 21.8 Å². The van der Waals surface area contributed by atoms with Crippen LogP contribution < -0.4 is 0 Å². The Morgan fingerprint density at radius 1 is 0.947 bits per heavy atom. The van der Waals surface area contributed by atoms with Crippen LogP contribution in [0.15, 0.2) is 10.6 Å². The predicted octanol–water partition coefficient (Wildman–Crippen LogP) is 3.00. The van der Waals surface area contributed by atoms with E-state index in [9.17, 15) is 19.8 Å². The van der Waals surface area contributed by atoms with E-state index >= 15 is 0 Å². The third-order valence-corrected chi connectivity index (χ3v) is 3.94. The number of Topliss-reactive ketones (excluding diaryl/α,β-unsaturated/α-hetero) is 2. The van der Waals surface area contributed by atoms with Crippen molar-refractivity contribution in [3.05, 3.63) is 32.9 Å². The summed E-state index contributed by atoms with van der Waals surface area (Å²) in [5.74, 6) is -1.68. The average molecular weight is 281 g/mol. The fraction of sp³-hybridized carbons (Fsp3) is 0.286. The van der Waals surface area contributed by atoms with Gasteiger partial charge in [-0.15, -0.1) is 0 Å². The van der Waals surface area contributed by atoms with Crippen molar-refractivity contribution in [2.45, 2.75) is 27.2 Å². The molecule has 100 valence electrons. The van der Waals surface area contributed by atoms with Gasteiger partial charge in [0.2, 0.25) is 5.78 Å². The molecule has 0 spiro atoms. The van der Waals surface area contributed by atoms with Gasteiger partial charge >= 0.3 is 0 Å². The quantitative estimate of drug-likeness (QED) is 0.776. The van der Waals surface area contributed by atoms with Crippen molar-refractivity contribution in [2.75, 3.05) is 0 Å². The van der Waals surface area contributed by atoms with Crippen molar-refractivity contribution in [3.8, 4) is 11.5 Å². The van der Waals surface area contributed by atoms with Gasteiger partial charge in [0.15, 0.2) is 5.78 Å². The number of aromatic hydroxyl groups is 2. The number of hydrogen-bond donors (Lipinski definition) is 2. The summed E-state index contributed by atoms with van der Waals surface area (Å²) >= 11 is 5.89. The Morgan fingerprint density at radius 2 is 1.37 bits per heavy atom. The van der Waals surface area contributed by atoms with E-state index in [1.165, 1.54) is 0 Å². The molecule has 1 aromatic rings. The Morgan fingerprint density at radius 3 is 1.79 bits per heavy atom. The second-order valence-electron chi connectivity index (χ2n) is 4.50. The van der Waals surface area contributed by atoms with Crippen LogP contribution in [-0.2, 0) is 0 Å². The molecule has 0 fully saturated rings. The van der Waals surface area contributed by atoms with Gasteiger partial charge in [0.25, 0.3) is 0 Å². The third kappa shape index (κ3) is 1.67. The zero-order valence-electron chi connectivity index (χ0n) is 10.8. The highest BCUT2D eigenvalue weighted by Crippen LogP contribution is 2.43. The summed E-state index contributed by atoms with van der Waals surface area (Å²) in [6.45, 7) is 4.84. The topological polar surface area (TPSA) is 74.6 Å². The van der Waals surface area contributed by atoms with E-state index in [-0.39, 0.29) is 39.7 Å². The lowest BCUT2D eigenvalue weighted by Gasteiger charge is -2.21. The number of benzene rings is 1. The van der Waals surface area contributed by atoms with Crippen LogP contribution in [0.25, 0.3) is 0 Å². The molecule has 0 atom stereocenters. The smallest absolute Gasteiger partial charge is 0.209 e. The SMILES string of the molecule is CCC1=C(Cl)C(=O)c2c(O)c(C)c(C)c(O)c2C1=O. The molecule has 0 unspecified atom stereocenters. The van der Waals surface area contributed by atoms with Crippen LogP contribution in [0.4, 0.5) is 0 Å². The Hall–Kier alpha value is -1.81. The van der Waals surface area contributed by atoms with Gasteiger partial charge < -0.3 is 10.2 Å². The van der Waals surface area contributed by atoms with E-state index in [1.807, 2.05) is 0 Å². The lowest BCUT2D eigenvalue weighted by Crippen LogP contribution is -2.21. The molecule has 0 radical (unpaired) electrons. The number of ketones is 2. The van der Waals surface area contributed by atoms with Gasteiger partial charge in [-0.2, -0.15) is 0 Å². The van der Waals surface area contributed by atoms with E-state index in [0.29, 0.717) is 11.1 Å². The molecule has 0 amide bonds. The van der Waals surface area contributed by atoms with Gasteiger partial charge in [0.1, 0.15) is 11.5 Å². The van der Waals surface area contributed by atoms with E-state index in [0.717, 1.165) is 0 Å². The highest BCUT2D eigenvalue weighted by atomic mass is 35.5. The zero-order valence-corrected chi connectivity index (χ0v) is 11.6. The molecule has 0 saturated carbocycles. The predicted molar refractivity (Wildman–Crippen MR) is 71.1 cm³/mol. The highest BCUT2D eigenvalue weighted by molar-refractivity contribution is 6.50. The number of allylic oxidation sites excluding steroid dienone is 2. The van der Waals surface area contributed by atoms with Gasteiger partial charge in [-0.3, -0.25) is 9.59 Å². The monoisotopic (exact) mass is 280 g/mol. The molecule has 2 rings (SSSR count). The summed E-state index contributed by atoms with van der Waals surface area (Å²) in [5, 5.41) is 20.0. The Bertz CT molecular complexity index is 656. The van der Waals surface area contributed by atoms with Gasteiger partial charge in [0, 0.05) is 5.57 Å². The van der Waals surface area contributed by atoms with Crippen LogP contribution in [0.5, 0.6) is 11.5 Å². The molecular weight excluding hydrogens is 268 g/mol. The Kier molecular flexibility index (Phi) is 3.14. The van der Waals surface area contributed by atoms with Crippen LogP contribution in [0.1, 0.15) is 45.2 Å². The molecule has 5 heteroatoms. The molecule has 2 N–H and O–H groups in total. The minimum atomic E-state index is -0.621. The minimum absolute atomic E-state index is 0.146. The van der Waals surface area contributed by atoms with Crippen molar-refractivity contribution in [1.82, 2.24) is 0 Å². The number of phenolic OH excluding ortho intramolecular Hbond substituents is 2. The van der Waals surface area contributed by atoms with Crippen LogP contribution >= 0.6 is 11.6 Å². The van der Waals surface area contributed by atoms with Crippen LogP contribution in [0.3, 0.4) is 0 Å². The first-order valence-electron chi connectivity index (χ1n) is 5.86. The van der Waals surface area contributed by atoms with E-state index in [1.54, 1.807) is 20.8 Å². The van der Waals surface area contributed by atoms with Gasteiger partial charge in [-0.1, -0.05) is 18.5 Å².